The van der Waals surface area contributed by atoms with E-state index in [1.54, 1.807) is 0 Å². The molecule has 1 aliphatic rings. The number of aliphatic hydroxyl groups excluding tert-OH is 3. The number of nitrogens with zero attached hydrogens (tertiary/aromatic N) is 1. The van der Waals surface area contributed by atoms with Crippen molar-refractivity contribution in [3.63, 3.8) is 0 Å². The fourth-order valence-electron chi connectivity index (χ4n) is 1.44. The highest BCUT2D eigenvalue weighted by molar-refractivity contribution is 5.70. The largest absolute Gasteiger partial charge is 0.481 e. The molecule has 1 aliphatic heterocycles. The van der Waals surface area contributed by atoms with Crippen molar-refractivity contribution in [3.05, 3.63) is 0 Å². The number of hydrogen-bond acceptors (Lipinski definition) is 5. The molecule has 13 heavy (non-hydrogen) atoms. The topological polar surface area (TPSA) is 101 Å². The molecule has 0 aromatic carbocycles. The molecule has 0 aromatic rings. The van der Waals surface area contributed by atoms with Crippen molar-refractivity contribution in [1.29, 1.82) is 0 Å². The van der Waals surface area contributed by atoms with E-state index in [1.165, 1.54) is 4.90 Å². The first kappa shape index (κ1) is 10.4. The van der Waals surface area contributed by atoms with Crippen molar-refractivity contribution in [2.75, 3.05) is 13.2 Å². The molecule has 6 heteroatoms. The van der Waals surface area contributed by atoms with E-state index >= 15 is 0 Å². The Bertz CT molecular complexity index is 197. The van der Waals surface area contributed by atoms with E-state index in [-0.39, 0.29) is 13.0 Å². The standard InChI is InChI=1S/C7H13NO5/c9-3-6(11)8-2-4(7(12)13)1-5(8)10/h4-6,9-11H,1-3H2,(H,12,13). The van der Waals surface area contributed by atoms with Crippen LogP contribution in [0.25, 0.3) is 0 Å². The Morgan fingerprint density at radius 2 is 2.23 bits per heavy atom. The van der Waals surface area contributed by atoms with E-state index < -0.39 is 30.9 Å². The molecule has 1 saturated heterocycles. The molecule has 0 radical (unpaired) electrons. The van der Waals surface area contributed by atoms with Gasteiger partial charge in [0, 0.05) is 13.0 Å². The molecule has 1 heterocycles. The third-order valence-corrected chi connectivity index (χ3v) is 2.20. The summed E-state index contributed by atoms with van der Waals surface area (Å²) in [7, 11) is 0. The van der Waals surface area contributed by atoms with E-state index in [0.29, 0.717) is 0 Å². The van der Waals surface area contributed by atoms with E-state index in [0.717, 1.165) is 0 Å². The van der Waals surface area contributed by atoms with Gasteiger partial charge in [-0.1, -0.05) is 0 Å². The predicted octanol–water partition coefficient (Wildman–Crippen LogP) is -1.98. The highest BCUT2D eigenvalue weighted by Crippen LogP contribution is 2.22. The van der Waals surface area contributed by atoms with Crippen LogP contribution in [0.15, 0.2) is 0 Å². The smallest absolute Gasteiger partial charge is 0.307 e. The second kappa shape index (κ2) is 4.01. The van der Waals surface area contributed by atoms with E-state index in [1.807, 2.05) is 0 Å². The second-order valence-electron chi connectivity index (χ2n) is 3.11. The molecule has 76 valence electrons. The molecule has 0 aromatic heterocycles. The molecule has 4 N–H and O–H groups in total. The maximum atomic E-state index is 10.5. The first-order valence-corrected chi connectivity index (χ1v) is 4.01. The quantitative estimate of drug-likeness (QED) is 0.412. The zero-order valence-electron chi connectivity index (χ0n) is 7.00. The molecule has 0 saturated carbocycles. The minimum absolute atomic E-state index is 0.0677. The van der Waals surface area contributed by atoms with Gasteiger partial charge < -0.3 is 20.4 Å². The minimum Gasteiger partial charge on any atom is -0.481 e. The summed E-state index contributed by atoms with van der Waals surface area (Å²) < 4.78 is 0. The van der Waals surface area contributed by atoms with Gasteiger partial charge in [-0.15, -0.1) is 0 Å². The molecule has 1 fully saturated rings. The van der Waals surface area contributed by atoms with Crippen molar-refractivity contribution in [2.45, 2.75) is 18.9 Å². The highest BCUT2D eigenvalue weighted by atomic mass is 16.4. The lowest BCUT2D eigenvalue weighted by molar-refractivity contribution is -0.141. The number of rotatable bonds is 3. The first-order valence-electron chi connectivity index (χ1n) is 4.01. The third-order valence-electron chi connectivity index (χ3n) is 2.20. The fraction of sp³-hybridized carbons (Fsp3) is 0.857. The number of carbonyl (C=O) groups is 1. The Morgan fingerprint density at radius 1 is 1.62 bits per heavy atom. The van der Waals surface area contributed by atoms with Gasteiger partial charge in [0.1, 0.15) is 12.5 Å². The van der Waals surface area contributed by atoms with E-state index in [2.05, 4.69) is 0 Å². The predicted molar refractivity (Wildman–Crippen MR) is 41.5 cm³/mol. The number of carboxylic acids is 1. The summed E-state index contributed by atoms with van der Waals surface area (Å²) in [5, 5.41) is 35.7. The van der Waals surface area contributed by atoms with Crippen LogP contribution >= 0.6 is 0 Å². The van der Waals surface area contributed by atoms with Crippen molar-refractivity contribution in [3.8, 4) is 0 Å². The van der Waals surface area contributed by atoms with Crippen molar-refractivity contribution in [2.24, 2.45) is 5.92 Å². The van der Waals surface area contributed by atoms with Crippen molar-refractivity contribution < 1.29 is 25.2 Å². The minimum atomic E-state index is -1.18. The molecule has 1 rings (SSSR count). The molecule has 0 aliphatic carbocycles. The molecular weight excluding hydrogens is 178 g/mol. The maximum absolute atomic E-state index is 10.5. The van der Waals surface area contributed by atoms with Gasteiger partial charge >= 0.3 is 5.97 Å². The van der Waals surface area contributed by atoms with Gasteiger partial charge in [0.25, 0.3) is 0 Å². The molecule has 6 nitrogen and oxygen atoms in total. The Hall–Kier alpha value is -0.690. The molecule has 0 spiro atoms. The maximum Gasteiger partial charge on any atom is 0.307 e. The SMILES string of the molecule is O=C(O)C1CC(O)N(C(O)CO)C1. The molecule has 3 unspecified atom stereocenters. The summed E-state index contributed by atoms with van der Waals surface area (Å²) in [5.41, 5.74) is 0. The normalized spacial score (nSPS) is 31.9. The van der Waals surface area contributed by atoms with Crippen LogP contribution in [-0.2, 0) is 4.79 Å². The summed E-state index contributed by atoms with van der Waals surface area (Å²) in [5.74, 6) is -1.66. The summed E-state index contributed by atoms with van der Waals surface area (Å²) in [6.07, 6.45) is -2.07. The van der Waals surface area contributed by atoms with Crippen molar-refractivity contribution in [1.82, 2.24) is 4.90 Å². The molecule has 3 atom stereocenters. The lowest BCUT2D eigenvalue weighted by atomic mass is 10.1. The van der Waals surface area contributed by atoms with Crippen LogP contribution in [0, 0.1) is 5.92 Å². The lowest BCUT2D eigenvalue weighted by Crippen LogP contribution is -2.41. The summed E-state index contributed by atoms with van der Waals surface area (Å²) in [6.45, 7) is -0.443. The molecule has 0 amide bonds. The van der Waals surface area contributed by atoms with Gasteiger partial charge in [0.05, 0.1) is 12.5 Å². The fourth-order valence-corrected chi connectivity index (χ4v) is 1.44. The zero-order valence-corrected chi connectivity index (χ0v) is 7.00. The Kier molecular flexibility index (Phi) is 3.21. The van der Waals surface area contributed by atoms with Gasteiger partial charge in [-0.05, 0) is 0 Å². The average molecular weight is 191 g/mol. The Balaban J connectivity index is 2.55. The first-order chi connectivity index (χ1) is 6.06. The number of aliphatic carboxylic acids is 1. The van der Waals surface area contributed by atoms with Crippen LogP contribution < -0.4 is 0 Å². The molecule has 0 bridgehead atoms. The van der Waals surface area contributed by atoms with Gasteiger partial charge in [0.15, 0.2) is 0 Å². The Labute approximate surface area is 75.0 Å². The Morgan fingerprint density at radius 3 is 2.62 bits per heavy atom. The summed E-state index contributed by atoms with van der Waals surface area (Å²) in [6, 6.07) is 0. The third kappa shape index (κ3) is 2.16. The number of hydrogen-bond donors (Lipinski definition) is 4. The zero-order chi connectivity index (χ0) is 10.0. The van der Waals surface area contributed by atoms with Gasteiger partial charge in [-0.3, -0.25) is 4.79 Å². The summed E-state index contributed by atoms with van der Waals surface area (Å²) in [4.78, 5) is 11.7. The van der Waals surface area contributed by atoms with Crippen LogP contribution in [0.3, 0.4) is 0 Å². The monoisotopic (exact) mass is 191 g/mol. The van der Waals surface area contributed by atoms with E-state index in [4.69, 9.17) is 15.3 Å². The van der Waals surface area contributed by atoms with Crippen molar-refractivity contribution >= 4 is 5.97 Å². The van der Waals surface area contributed by atoms with Crippen LogP contribution in [-0.4, -0.2) is 56.9 Å². The number of likely N-dealkylation sites (tertiary alicyclic amines) is 1. The summed E-state index contributed by atoms with van der Waals surface area (Å²) >= 11 is 0. The lowest BCUT2D eigenvalue weighted by Gasteiger charge is -2.24. The van der Waals surface area contributed by atoms with Crippen LogP contribution in [0.5, 0.6) is 0 Å². The van der Waals surface area contributed by atoms with Crippen LogP contribution in [0.2, 0.25) is 0 Å². The van der Waals surface area contributed by atoms with Crippen LogP contribution in [0.1, 0.15) is 6.42 Å². The van der Waals surface area contributed by atoms with Crippen LogP contribution in [0.4, 0.5) is 0 Å². The number of carboxylic acid groups (broad SMARTS) is 1. The number of aliphatic hydroxyl groups is 3. The van der Waals surface area contributed by atoms with Gasteiger partial charge in [-0.25, -0.2) is 4.90 Å². The van der Waals surface area contributed by atoms with E-state index in [9.17, 15) is 9.90 Å². The molecular formula is C7H13NO5. The highest BCUT2D eigenvalue weighted by Gasteiger charge is 2.37. The average Bonchev–Trinajstić information content (AvgIpc) is 2.46. The van der Waals surface area contributed by atoms with Gasteiger partial charge in [0.2, 0.25) is 0 Å². The van der Waals surface area contributed by atoms with Gasteiger partial charge in [-0.2, -0.15) is 0 Å². The second-order valence-corrected chi connectivity index (χ2v) is 3.11.